The first-order chi connectivity index (χ1) is 14.4. The van der Waals surface area contributed by atoms with Crippen LogP contribution in [0.5, 0.6) is 0 Å². The SMILES string of the molecule is CNC(=O)/C(C)=C/C(C)=C\C(Cc1ccccc1)=C(C)C.O=CNC1CCOCC1. The van der Waals surface area contributed by atoms with E-state index in [0.29, 0.717) is 6.04 Å². The third-order valence-corrected chi connectivity index (χ3v) is 4.84. The summed E-state index contributed by atoms with van der Waals surface area (Å²) >= 11 is 0. The molecule has 0 bridgehead atoms. The van der Waals surface area contributed by atoms with Gasteiger partial charge in [0.05, 0.1) is 0 Å². The van der Waals surface area contributed by atoms with Gasteiger partial charge in [0.1, 0.15) is 0 Å². The van der Waals surface area contributed by atoms with Crippen LogP contribution in [0.2, 0.25) is 0 Å². The number of carbonyl (C=O) groups excluding carboxylic acids is 2. The summed E-state index contributed by atoms with van der Waals surface area (Å²) in [5.74, 6) is -0.0374. The van der Waals surface area contributed by atoms with Crippen LogP contribution in [0.1, 0.15) is 46.1 Å². The summed E-state index contributed by atoms with van der Waals surface area (Å²) in [7, 11) is 1.65. The number of carbonyl (C=O) groups is 2. The molecule has 5 heteroatoms. The average molecular weight is 413 g/mol. The topological polar surface area (TPSA) is 67.4 Å². The highest BCUT2D eigenvalue weighted by Crippen LogP contribution is 2.16. The molecular formula is C25H36N2O3. The lowest BCUT2D eigenvalue weighted by atomic mass is 9.98. The predicted octanol–water partition coefficient (Wildman–Crippen LogP) is 4.12. The highest BCUT2D eigenvalue weighted by Gasteiger charge is 2.11. The number of hydrogen-bond acceptors (Lipinski definition) is 3. The summed E-state index contributed by atoms with van der Waals surface area (Å²) in [6, 6.07) is 10.8. The van der Waals surface area contributed by atoms with Crippen LogP contribution in [-0.4, -0.2) is 38.6 Å². The fourth-order valence-corrected chi connectivity index (χ4v) is 3.07. The van der Waals surface area contributed by atoms with Gasteiger partial charge in [-0.25, -0.2) is 0 Å². The minimum Gasteiger partial charge on any atom is -0.381 e. The third kappa shape index (κ3) is 10.2. The second-order valence-corrected chi connectivity index (χ2v) is 7.65. The lowest BCUT2D eigenvalue weighted by Crippen LogP contribution is -2.33. The van der Waals surface area contributed by atoms with E-state index in [9.17, 15) is 9.59 Å². The van der Waals surface area contributed by atoms with E-state index < -0.39 is 0 Å². The van der Waals surface area contributed by atoms with Crippen molar-refractivity contribution in [2.24, 2.45) is 0 Å². The molecule has 0 unspecified atom stereocenters. The average Bonchev–Trinajstić information content (AvgIpc) is 2.74. The van der Waals surface area contributed by atoms with Gasteiger partial charge in [-0.05, 0) is 58.1 Å². The number of hydrogen-bond donors (Lipinski definition) is 2. The quantitative estimate of drug-likeness (QED) is 0.402. The van der Waals surface area contributed by atoms with E-state index in [1.165, 1.54) is 16.7 Å². The largest absolute Gasteiger partial charge is 0.381 e. The first-order valence-corrected chi connectivity index (χ1v) is 10.4. The van der Waals surface area contributed by atoms with E-state index in [1.807, 2.05) is 26.0 Å². The molecule has 0 aromatic heterocycles. The van der Waals surface area contributed by atoms with Crippen molar-refractivity contribution in [3.05, 3.63) is 70.3 Å². The van der Waals surface area contributed by atoms with Crippen LogP contribution < -0.4 is 10.6 Å². The maximum atomic E-state index is 11.5. The van der Waals surface area contributed by atoms with Gasteiger partial charge in [0, 0.05) is 31.9 Å². The van der Waals surface area contributed by atoms with Gasteiger partial charge in [0.2, 0.25) is 12.3 Å². The number of rotatable bonds is 7. The molecule has 2 rings (SSSR count). The molecule has 0 radical (unpaired) electrons. The zero-order chi connectivity index (χ0) is 22.4. The molecule has 1 aromatic carbocycles. The molecule has 164 valence electrons. The number of allylic oxidation sites excluding steroid dienone is 5. The van der Waals surface area contributed by atoms with E-state index in [-0.39, 0.29) is 5.91 Å². The summed E-state index contributed by atoms with van der Waals surface area (Å²) in [6.07, 6.45) is 7.67. The zero-order valence-electron chi connectivity index (χ0n) is 19.0. The number of amides is 2. The van der Waals surface area contributed by atoms with Gasteiger partial charge < -0.3 is 15.4 Å². The smallest absolute Gasteiger partial charge is 0.246 e. The molecule has 0 aliphatic carbocycles. The molecule has 1 fully saturated rings. The molecule has 5 nitrogen and oxygen atoms in total. The summed E-state index contributed by atoms with van der Waals surface area (Å²) in [4.78, 5) is 21.5. The molecule has 1 aliphatic rings. The fourth-order valence-electron chi connectivity index (χ4n) is 3.07. The number of ether oxygens (including phenoxy) is 1. The van der Waals surface area contributed by atoms with E-state index in [2.05, 4.69) is 54.8 Å². The molecule has 1 aromatic rings. The van der Waals surface area contributed by atoms with Crippen molar-refractivity contribution >= 4 is 12.3 Å². The lowest BCUT2D eigenvalue weighted by Gasteiger charge is -2.20. The van der Waals surface area contributed by atoms with E-state index in [4.69, 9.17) is 4.74 Å². The van der Waals surface area contributed by atoms with Crippen LogP contribution in [-0.2, 0) is 20.7 Å². The monoisotopic (exact) mass is 412 g/mol. The second-order valence-electron chi connectivity index (χ2n) is 7.65. The molecule has 1 aliphatic heterocycles. The Hall–Kier alpha value is -2.66. The van der Waals surface area contributed by atoms with Gasteiger partial charge in [-0.3, -0.25) is 9.59 Å². The maximum Gasteiger partial charge on any atom is 0.246 e. The Morgan fingerprint density at radius 3 is 2.23 bits per heavy atom. The molecular weight excluding hydrogens is 376 g/mol. The van der Waals surface area contributed by atoms with E-state index in [0.717, 1.165) is 50.0 Å². The Labute approximate surface area is 181 Å². The molecule has 30 heavy (non-hydrogen) atoms. The Kier molecular flexibility index (Phi) is 12.1. The van der Waals surface area contributed by atoms with Crippen molar-refractivity contribution < 1.29 is 14.3 Å². The molecule has 2 amide bonds. The van der Waals surface area contributed by atoms with Crippen molar-refractivity contribution in [3.8, 4) is 0 Å². The van der Waals surface area contributed by atoms with Gasteiger partial charge in [0.15, 0.2) is 0 Å². The van der Waals surface area contributed by atoms with Crippen LogP contribution in [0, 0.1) is 0 Å². The zero-order valence-corrected chi connectivity index (χ0v) is 19.0. The van der Waals surface area contributed by atoms with Crippen molar-refractivity contribution in [3.63, 3.8) is 0 Å². The van der Waals surface area contributed by atoms with Crippen molar-refractivity contribution in [2.45, 2.75) is 53.0 Å². The summed E-state index contributed by atoms with van der Waals surface area (Å²) in [5.41, 5.74) is 5.69. The lowest BCUT2D eigenvalue weighted by molar-refractivity contribution is -0.117. The molecule has 0 atom stereocenters. The van der Waals surface area contributed by atoms with Crippen LogP contribution in [0.15, 0.2) is 64.8 Å². The molecule has 1 saturated heterocycles. The summed E-state index contributed by atoms with van der Waals surface area (Å²) in [5, 5.41) is 5.36. The molecule has 2 N–H and O–H groups in total. The first-order valence-electron chi connectivity index (χ1n) is 10.4. The van der Waals surface area contributed by atoms with Gasteiger partial charge in [-0.2, -0.15) is 0 Å². The van der Waals surface area contributed by atoms with Crippen LogP contribution >= 0.6 is 0 Å². The highest BCUT2D eigenvalue weighted by atomic mass is 16.5. The maximum absolute atomic E-state index is 11.5. The highest BCUT2D eigenvalue weighted by molar-refractivity contribution is 5.93. The van der Waals surface area contributed by atoms with Crippen molar-refractivity contribution in [1.29, 1.82) is 0 Å². The standard InChI is InChI=1S/C19H25NO.C6H11NO2/c1-14(2)18(13-17-9-7-6-8-10-17)12-15(3)11-16(4)19(21)20-5;8-5-7-6-1-3-9-4-2-6/h6-12H,13H2,1-5H3,(H,20,21);5-6H,1-4H2,(H,7,8)/b15-12-,16-11+;. The van der Waals surface area contributed by atoms with Gasteiger partial charge >= 0.3 is 0 Å². The summed E-state index contributed by atoms with van der Waals surface area (Å²) < 4.78 is 5.09. The van der Waals surface area contributed by atoms with Crippen LogP contribution in [0.3, 0.4) is 0 Å². The molecule has 1 heterocycles. The number of likely N-dealkylation sites (N-methyl/N-ethyl adjacent to an activating group) is 1. The minimum absolute atomic E-state index is 0.0374. The molecule has 0 spiro atoms. The Morgan fingerprint density at radius 2 is 1.70 bits per heavy atom. The van der Waals surface area contributed by atoms with Gasteiger partial charge in [0.25, 0.3) is 0 Å². The second kappa shape index (κ2) is 14.3. The van der Waals surface area contributed by atoms with E-state index in [1.54, 1.807) is 7.05 Å². The summed E-state index contributed by atoms with van der Waals surface area (Å²) in [6.45, 7) is 9.67. The van der Waals surface area contributed by atoms with Crippen LogP contribution in [0.25, 0.3) is 0 Å². The Balaban J connectivity index is 0.000000414. The van der Waals surface area contributed by atoms with Crippen LogP contribution in [0.4, 0.5) is 0 Å². The molecule has 0 saturated carbocycles. The van der Waals surface area contributed by atoms with Crippen molar-refractivity contribution in [2.75, 3.05) is 20.3 Å². The normalized spacial score (nSPS) is 14.8. The van der Waals surface area contributed by atoms with Crippen molar-refractivity contribution in [1.82, 2.24) is 10.6 Å². The van der Waals surface area contributed by atoms with E-state index >= 15 is 0 Å². The van der Waals surface area contributed by atoms with Gasteiger partial charge in [-0.1, -0.05) is 53.6 Å². The Morgan fingerprint density at radius 1 is 1.07 bits per heavy atom. The third-order valence-electron chi connectivity index (χ3n) is 4.84. The first kappa shape index (κ1) is 25.4. The number of nitrogens with one attached hydrogen (secondary N) is 2. The minimum atomic E-state index is -0.0374. The number of benzene rings is 1. The Bertz CT molecular complexity index is 754. The van der Waals surface area contributed by atoms with Gasteiger partial charge in [-0.15, -0.1) is 0 Å². The fraction of sp³-hybridized carbons (Fsp3) is 0.440. The predicted molar refractivity (Wildman–Crippen MR) is 123 cm³/mol.